The molecule has 0 aliphatic carbocycles. The van der Waals surface area contributed by atoms with Crippen molar-refractivity contribution in [3.05, 3.63) is 82.5 Å². The maximum absolute atomic E-state index is 12.5. The summed E-state index contributed by atoms with van der Waals surface area (Å²) in [6.07, 6.45) is 3.06. The number of likely N-dealkylation sites (tertiary alicyclic amines) is 1. The lowest BCUT2D eigenvalue weighted by molar-refractivity contribution is 0.183. The summed E-state index contributed by atoms with van der Waals surface area (Å²) >= 11 is 0. The molecular formula is C23H26N2O2. The molecule has 0 spiro atoms. The van der Waals surface area contributed by atoms with Gasteiger partial charge >= 0.3 is 5.76 Å². The van der Waals surface area contributed by atoms with Gasteiger partial charge in [0.1, 0.15) is 0 Å². The van der Waals surface area contributed by atoms with Gasteiger partial charge in [0.05, 0.1) is 5.69 Å². The van der Waals surface area contributed by atoms with Crippen LogP contribution in [0, 0.1) is 6.92 Å². The van der Waals surface area contributed by atoms with Crippen molar-refractivity contribution in [3.8, 4) is 11.3 Å². The molecule has 0 radical (unpaired) electrons. The van der Waals surface area contributed by atoms with E-state index in [0.29, 0.717) is 5.76 Å². The normalized spacial score (nSPS) is 15.9. The molecule has 4 rings (SSSR count). The monoisotopic (exact) mass is 362 g/mol. The van der Waals surface area contributed by atoms with Crippen molar-refractivity contribution in [2.75, 3.05) is 19.6 Å². The maximum Gasteiger partial charge on any atom is 0.419 e. The lowest BCUT2D eigenvalue weighted by atomic mass is 10.0. The van der Waals surface area contributed by atoms with Crippen molar-refractivity contribution < 1.29 is 4.42 Å². The number of nitrogens with zero attached hydrogens (tertiary/aromatic N) is 2. The Hall–Kier alpha value is -2.59. The summed E-state index contributed by atoms with van der Waals surface area (Å²) < 4.78 is 7.48. The second-order valence-electron chi connectivity index (χ2n) is 7.33. The first-order valence-corrected chi connectivity index (χ1v) is 9.76. The van der Waals surface area contributed by atoms with Crippen LogP contribution in [0.25, 0.3) is 11.3 Å². The Morgan fingerprint density at radius 3 is 2.26 bits per heavy atom. The summed E-state index contributed by atoms with van der Waals surface area (Å²) in [7, 11) is 0. The molecule has 4 heteroatoms. The minimum atomic E-state index is -0.228. The van der Waals surface area contributed by atoms with Crippen molar-refractivity contribution in [2.45, 2.75) is 32.2 Å². The molecule has 4 nitrogen and oxygen atoms in total. The van der Waals surface area contributed by atoms with E-state index >= 15 is 0 Å². The van der Waals surface area contributed by atoms with Crippen molar-refractivity contribution in [2.24, 2.45) is 0 Å². The molecule has 0 saturated carbocycles. The van der Waals surface area contributed by atoms with Gasteiger partial charge in [-0.15, -0.1) is 0 Å². The highest BCUT2D eigenvalue weighted by atomic mass is 16.4. The number of hydrogen-bond donors (Lipinski definition) is 0. The van der Waals surface area contributed by atoms with Gasteiger partial charge in [-0.1, -0.05) is 60.7 Å². The van der Waals surface area contributed by atoms with Gasteiger partial charge in [0.2, 0.25) is 0 Å². The van der Waals surface area contributed by atoms with Crippen LogP contribution >= 0.6 is 0 Å². The number of hydrogen-bond acceptors (Lipinski definition) is 3. The molecule has 1 aliphatic rings. The lowest BCUT2D eigenvalue weighted by Gasteiger charge is -2.32. The number of rotatable bonds is 5. The average Bonchev–Trinajstić information content (AvgIpc) is 3.02. The van der Waals surface area contributed by atoms with E-state index in [2.05, 4.69) is 35.2 Å². The van der Waals surface area contributed by atoms with Crippen LogP contribution in [0.15, 0.2) is 69.9 Å². The number of piperidine rings is 1. The molecule has 0 atom stereocenters. The Kier molecular flexibility index (Phi) is 5.26. The summed E-state index contributed by atoms with van der Waals surface area (Å²) in [6.45, 7) is 5.12. The molecule has 1 saturated heterocycles. The maximum atomic E-state index is 12.5. The summed E-state index contributed by atoms with van der Waals surface area (Å²) in [5, 5.41) is 0. The Morgan fingerprint density at radius 2 is 1.59 bits per heavy atom. The molecule has 1 aromatic heterocycles. The lowest BCUT2D eigenvalue weighted by Crippen LogP contribution is -2.38. The fraction of sp³-hybridized carbons (Fsp3) is 0.348. The third-order valence-corrected chi connectivity index (χ3v) is 5.59. The predicted molar refractivity (Wildman–Crippen MR) is 108 cm³/mol. The van der Waals surface area contributed by atoms with Crippen LogP contribution in [0.2, 0.25) is 0 Å². The summed E-state index contributed by atoms with van der Waals surface area (Å²) in [5.74, 6) is 0.473. The van der Waals surface area contributed by atoms with Crippen molar-refractivity contribution >= 4 is 0 Å². The number of oxazole rings is 1. The first-order valence-electron chi connectivity index (χ1n) is 9.76. The number of benzene rings is 2. The first-order chi connectivity index (χ1) is 13.2. The van der Waals surface area contributed by atoms with E-state index in [-0.39, 0.29) is 11.8 Å². The van der Waals surface area contributed by atoms with E-state index < -0.39 is 0 Å². The highest BCUT2D eigenvalue weighted by Crippen LogP contribution is 2.28. The van der Waals surface area contributed by atoms with Gasteiger partial charge in [-0.2, -0.15) is 0 Å². The van der Waals surface area contributed by atoms with E-state index in [1.54, 1.807) is 0 Å². The highest BCUT2D eigenvalue weighted by molar-refractivity contribution is 5.59. The molecule has 140 valence electrons. The second kappa shape index (κ2) is 7.97. The van der Waals surface area contributed by atoms with Gasteiger partial charge in [-0.05, 0) is 31.7 Å². The first kappa shape index (κ1) is 17.8. The topological polar surface area (TPSA) is 38.4 Å². The Labute approximate surface area is 160 Å². The predicted octanol–water partition coefficient (Wildman–Crippen LogP) is 4.30. The van der Waals surface area contributed by atoms with Gasteiger partial charge in [-0.3, -0.25) is 4.57 Å². The van der Waals surface area contributed by atoms with E-state index in [1.165, 1.54) is 5.56 Å². The second-order valence-corrected chi connectivity index (χ2v) is 7.33. The van der Waals surface area contributed by atoms with Crippen molar-refractivity contribution in [3.63, 3.8) is 0 Å². The van der Waals surface area contributed by atoms with Gasteiger partial charge in [0.25, 0.3) is 0 Å². The fourth-order valence-electron chi connectivity index (χ4n) is 4.07. The highest BCUT2D eigenvalue weighted by Gasteiger charge is 2.25. The van der Waals surface area contributed by atoms with Crippen LogP contribution in [-0.2, 0) is 6.42 Å². The van der Waals surface area contributed by atoms with Crippen molar-refractivity contribution in [1.82, 2.24) is 9.47 Å². The molecule has 27 heavy (non-hydrogen) atoms. The van der Waals surface area contributed by atoms with Gasteiger partial charge in [0, 0.05) is 31.2 Å². The van der Waals surface area contributed by atoms with Crippen LogP contribution in [0.4, 0.5) is 0 Å². The SMILES string of the molecule is Cc1c(-c2ccccc2)oc(=O)n1C1CCN(CCc2ccccc2)CC1. The van der Waals surface area contributed by atoms with Gasteiger partial charge in [0.15, 0.2) is 5.76 Å². The number of aromatic nitrogens is 1. The van der Waals surface area contributed by atoms with Gasteiger partial charge < -0.3 is 9.32 Å². The minimum absolute atomic E-state index is 0.228. The van der Waals surface area contributed by atoms with Crippen molar-refractivity contribution in [1.29, 1.82) is 0 Å². The molecule has 0 amide bonds. The van der Waals surface area contributed by atoms with E-state index in [0.717, 1.165) is 50.2 Å². The molecule has 3 aromatic rings. The smallest absolute Gasteiger partial charge is 0.407 e. The fourth-order valence-corrected chi connectivity index (χ4v) is 4.07. The molecule has 0 unspecified atom stereocenters. The average molecular weight is 362 g/mol. The molecule has 1 aliphatic heterocycles. The van der Waals surface area contributed by atoms with Crippen LogP contribution in [0.3, 0.4) is 0 Å². The Balaban J connectivity index is 1.41. The summed E-state index contributed by atoms with van der Waals surface area (Å²) in [5.41, 5.74) is 3.29. The Morgan fingerprint density at radius 1 is 0.963 bits per heavy atom. The summed E-state index contributed by atoms with van der Waals surface area (Å²) in [6, 6.07) is 20.7. The molecule has 2 aromatic carbocycles. The zero-order valence-corrected chi connectivity index (χ0v) is 15.8. The molecule has 2 heterocycles. The van der Waals surface area contributed by atoms with Crippen LogP contribution in [-0.4, -0.2) is 29.1 Å². The van der Waals surface area contributed by atoms with Crippen LogP contribution in [0.1, 0.15) is 30.1 Å². The zero-order chi connectivity index (χ0) is 18.6. The van der Waals surface area contributed by atoms with E-state index in [4.69, 9.17) is 4.42 Å². The minimum Gasteiger partial charge on any atom is -0.407 e. The van der Waals surface area contributed by atoms with E-state index in [9.17, 15) is 4.79 Å². The molecular weight excluding hydrogens is 336 g/mol. The standard InChI is InChI=1S/C23H26N2O2/c1-18-22(20-10-6-3-7-11-20)27-23(26)25(18)21-13-16-24(17-14-21)15-12-19-8-4-2-5-9-19/h2-11,21H,12-17H2,1H3. The Bertz CT molecular complexity index is 920. The molecule has 0 N–H and O–H groups in total. The third kappa shape index (κ3) is 3.91. The zero-order valence-electron chi connectivity index (χ0n) is 15.8. The molecule has 0 bridgehead atoms. The van der Waals surface area contributed by atoms with Crippen LogP contribution < -0.4 is 5.76 Å². The quantitative estimate of drug-likeness (QED) is 0.679. The molecule has 1 fully saturated rings. The summed E-state index contributed by atoms with van der Waals surface area (Å²) in [4.78, 5) is 15.0. The van der Waals surface area contributed by atoms with Gasteiger partial charge in [-0.25, -0.2) is 4.79 Å². The largest absolute Gasteiger partial charge is 0.419 e. The van der Waals surface area contributed by atoms with E-state index in [1.807, 2.05) is 41.8 Å². The third-order valence-electron chi connectivity index (χ3n) is 5.59. The van der Waals surface area contributed by atoms with Crippen LogP contribution in [0.5, 0.6) is 0 Å².